The summed E-state index contributed by atoms with van der Waals surface area (Å²) in [6, 6.07) is 98.3. The van der Waals surface area contributed by atoms with Crippen LogP contribution in [0.4, 0.5) is 51.2 Å². The molecule has 0 spiro atoms. The average Bonchev–Trinajstić information content (AvgIpc) is 1.98. The monoisotopic (exact) mass is 1120 g/mol. The molecule has 0 aliphatic carbocycles. The van der Waals surface area contributed by atoms with Crippen LogP contribution in [0.5, 0.6) is 0 Å². The molecule has 0 saturated carbocycles. The van der Waals surface area contributed by atoms with Crippen molar-refractivity contribution in [3.63, 3.8) is 0 Å². The molecule has 0 saturated heterocycles. The van der Waals surface area contributed by atoms with Crippen LogP contribution >= 0.6 is 11.3 Å². The number of nitrogens with zero attached hydrogens (tertiary/aromatic N) is 3. The van der Waals surface area contributed by atoms with E-state index in [1.54, 1.807) is 0 Å². The van der Waals surface area contributed by atoms with Crippen molar-refractivity contribution in [2.75, 3.05) is 14.7 Å². The summed E-state index contributed by atoms with van der Waals surface area (Å²) in [5, 5.41) is 1.26. The number of rotatable bonds is 9. The van der Waals surface area contributed by atoms with E-state index in [4.69, 9.17) is 0 Å². The van der Waals surface area contributed by atoms with Gasteiger partial charge >= 0.3 is 0 Å². The van der Waals surface area contributed by atoms with Gasteiger partial charge < -0.3 is 14.7 Å². The van der Waals surface area contributed by atoms with E-state index in [0.29, 0.717) is 0 Å². The molecule has 85 heavy (non-hydrogen) atoms. The summed E-state index contributed by atoms with van der Waals surface area (Å²) in [5.74, 6) is 0. The van der Waals surface area contributed by atoms with Gasteiger partial charge in [0.25, 0.3) is 6.71 Å². The van der Waals surface area contributed by atoms with Gasteiger partial charge in [-0.05, 0) is 156 Å². The van der Waals surface area contributed by atoms with Crippen molar-refractivity contribution in [3.8, 4) is 44.5 Å². The molecular weight excluding hydrogens is 1050 g/mol. The molecule has 0 unspecified atom stereocenters. The summed E-state index contributed by atoms with van der Waals surface area (Å²) >= 11 is 1.95. The molecular formula is C80H70BN3S. The van der Waals surface area contributed by atoms with Crippen LogP contribution in [-0.2, 0) is 16.2 Å². The quantitative estimate of drug-likeness (QED) is 0.133. The fourth-order valence-corrected chi connectivity index (χ4v) is 14.3. The van der Waals surface area contributed by atoms with E-state index in [-0.39, 0.29) is 23.0 Å². The molecule has 12 aromatic rings. The van der Waals surface area contributed by atoms with Crippen molar-refractivity contribution in [2.45, 2.75) is 78.6 Å². The number of anilines is 9. The van der Waals surface area contributed by atoms with E-state index in [2.05, 4.69) is 338 Å². The van der Waals surface area contributed by atoms with Crippen molar-refractivity contribution in [1.82, 2.24) is 0 Å². The van der Waals surface area contributed by atoms with E-state index >= 15 is 0 Å². The lowest BCUT2D eigenvalue weighted by molar-refractivity contribution is 0.590. The van der Waals surface area contributed by atoms with E-state index in [9.17, 15) is 0 Å². The van der Waals surface area contributed by atoms with Crippen LogP contribution in [0, 0.1) is 0 Å². The lowest BCUT2D eigenvalue weighted by Gasteiger charge is -2.44. The molecule has 0 radical (unpaired) electrons. The van der Waals surface area contributed by atoms with Crippen LogP contribution in [0.3, 0.4) is 0 Å². The Balaban J connectivity index is 1.11. The van der Waals surface area contributed by atoms with Gasteiger partial charge in [-0.1, -0.05) is 244 Å². The molecule has 1 aromatic heterocycles. The Kier molecular flexibility index (Phi) is 13.2. The summed E-state index contributed by atoms with van der Waals surface area (Å²) in [4.78, 5) is 7.76. The second-order valence-corrected chi connectivity index (χ2v) is 27.3. The average molecular weight is 1120 g/mol. The van der Waals surface area contributed by atoms with Crippen molar-refractivity contribution in [3.05, 3.63) is 278 Å². The molecule has 11 aromatic carbocycles. The molecule has 0 amide bonds. The van der Waals surface area contributed by atoms with E-state index in [1.807, 2.05) is 11.3 Å². The molecule has 0 bridgehead atoms. The van der Waals surface area contributed by atoms with Crippen molar-refractivity contribution < 1.29 is 0 Å². The van der Waals surface area contributed by atoms with Gasteiger partial charge in [-0.2, -0.15) is 0 Å². The third-order valence-electron chi connectivity index (χ3n) is 17.5. The van der Waals surface area contributed by atoms with Crippen molar-refractivity contribution in [1.29, 1.82) is 0 Å². The summed E-state index contributed by atoms with van der Waals surface area (Å²) in [5.41, 5.74) is 26.1. The standard InChI is InChI=1S/C80H70BN3S/c1-78(2,3)59-35-40-62(41-36-59)82(69-33-23-22-32-65(69)55-28-18-12-19-29-55)64-44-45-68-71(52-64)84(70-46-39-61(80(7,8)9)51-66(70)56-30-20-13-21-31-56)73-50-58(54-26-16-11-17-27-54)49-72-75(73)81(68)77-76(83(72)63-42-37-60(38-43-63)79(4,5)6)67-48-57(34-47-74(67)85-77)53-24-14-10-15-25-53/h10-52H,1-9H3. The van der Waals surface area contributed by atoms with Crippen LogP contribution in [-0.4, -0.2) is 6.71 Å². The number of hydrogen-bond donors (Lipinski definition) is 0. The molecule has 2 aliphatic rings. The first-order valence-electron chi connectivity index (χ1n) is 30.0. The first kappa shape index (κ1) is 53.8. The van der Waals surface area contributed by atoms with Gasteiger partial charge in [0.1, 0.15) is 0 Å². The maximum Gasteiger partial charge on any atom is 0.264 e. The van der Waals surface area contributed by atoms with E-state index in [1.165, 1.54) is 92.9 Å². The lowest BCUT2D eigenvalue weighted by atomic mass is 9.36. The fourth-order valence-electron chi connectivity index (χ4n) is 13.0. The van der Waals surface area contributed by atoms with E-state index < -0.39 is 0 Å². The molecule has 14 rings (SSSR count). The van der Waals surface area contributed by atoms with Gasteiger partial charge in [-0.15, -0.1) is 11.3 Å². The molecule has 3 heterocycles. The minimum Gasteiger partial charge on any atom is -0.311 e. The number of fused-ring (bicyclic) bond motifs is 6. The second-order valence-electron chi connectivity index (χ2n) is 26.2. The Morgan fingerprint density at radius 1 is 0.353 bits per heavy atom. The lowest BCUT2D eigenvalue weighted by Crippen LogP contribution is -2.60. The Morgan fingerprint density at radius 2 is 0.859 bits per heavy atom. The highest BCUT2D eigenvalue weighted by molar-refractivity contribution is 7.33. The van der Waals surface area contributed by atoms with Crippen LogP contribution in [0.2, 0.25) is 0 Å². The molecule has 0 fully saturated rings. The molecule has 3 nitrogen and oxygen atoms in total. The minimum absolute atomic E-state index is 0.0124. The van der Waals surface area contributed by atoms with Gasteiger partial charge in [0.05, 0.1) is 17.1 Å². The molecule has 0 N–H and O–H groups in total. The van der Waals surface area contributed by atoms with Gasteiger partial charge in [0, 0.05) is 60.1 Å². The SMILES string of the molecule is CC(C)(C)c1ccc(N(c2ccc3c(c2)N(c2ccc(C(C)(C)C)cc2-c2ccccc2)c2cc(-c4ccccc4)cc4c2B3c2sc3ccc(-c5ccccc5)cc3c2N4c2ccc(C(C)(C)C)cc2)c2ccccc2-c2ccccc2)cc1. The predicted molar refractivity (Wildman–Crippen MR) is 368 cm³/mol. The predicted octanol–water partition coefficient (Wildman–Crippen LogP) is 21.0. The Hall–Kier alpha value is -9.16. The smallest absolute Gasteiger partial charge is 0.264 e. The normalized spacial score (nSPS) is 12.9. The summed E-state index contributed by atoms with van der Waals surface area (Å²) in [6.45, 7) is 20.7. The highest BCUT2D eigenvalue weighted by atomic mass is 32.1. The first-order valence-corrected chi connectivity index (χ1v) is 30.8. The Morgan fingerprint density at radius 3 is 1.46 bits per heavy atom. The zero-order valence-electron chi connectivity index (χ0n) is 50.2. The largest absolute Gasteiger partial charge is 0.311 e. The van der Waals surface area contributed by atoms with Gasteiger partial charge in [-0.3, -0.25) is 0 Å². The van der Waals surface area contributed by atoms with Crippen LogP contribution in [0.25, 0.3) is 54.6 Å². The maximum atomic E-state index is 2.64. The summed E-state index contributed by atoms with van der Waals surface area (Å²) in [7, 11) is 0. The van der Waals surface area contributed by atoms with E-state index in [0.717, 1.165) is 45.3 Å². The number of thiophene rings is 1. The number of benzene rings is 11. The van der Waals surface area contributed by atoms with Crippen LogP contribution in [0.1, 0.15) is 79.0 Å². The topological polar surface area (TPSA) is 9.72 Å². The third-order valence-corrected chi connectivity index (χ3v) is 18.7. The molecule has 0 atom stereocenters. The van der Waals surface area contributed by atoms with Crippen molar-refractivity contribution in [2.24, 2.45) is 0 Å². The molecule has 5 heteroatoms. The van der Waals surface area contributed by atoms with Gasteiger partial charge in [0.2, 0.25) is 0 Å². The second kappa shape index (κ2) is 20.9. The highest BCUT2D eigenvalue weighted by Crippen LogP contribution is 2.53. The van der Waals surface area contributed by atoms with Crippen LogP contribution in [0.15, 0.2) is 261 Å². The first-order chi connectivity index (χ1) is 41.1. The van der Waals surface area contributed by atoms with Crippen LogP contribution < -0.4 is 30.4 Å². The fraction of sp³-hybridized carbons (Fsp3) is 0.150. The minimum atomic E-state index is -0.113. The van der Waals surface area contributed by atoms with Crippen molar-refractivity contribution >= 4 is 95.0 Å². The van der Waals surface area contributed by atoms with Gasteiger partial charge in [-0.25, -0.2) is 0 Å². The third kappa shape index (κ3) is 9.65. The zero-order valence-corrected chi connectivity index (χ0v) is 51.0. The summed E-state index contributed by atoms with van der Waals surface area (Å²) in [6.07, 6.45) is 0. The maximum absolute atomic E-state index is 2.64. The Labute approximate surface area is 507 Å². The number of hydrogen-bond acceptors (Lipinski definition) is 4. The Bertz CT molecular complexity index is 4450. The zero-order chi connectivity index (χ0) is 58.4. The number of para-hydroxylation sites is 1. The molecule has 2 aliphatic heterocycles. The summed E-state index contributed by atoms with van der Waals surface area (Å²) < 4.78 is 2.61. The van der Waals surface area contributed by atoms with Gasteiger partial charge in [0.15, 0.2) is 0 Å². The highest BCUT2D eigenvalue weighted by Gasteiger charge is 2.46. The molecule has 414 valence electrons.